The van der Waals surface area contributed by atoms with Crippen molar-refractivity contribution in [2.75, 3.05) is 24.6 Å². The molecule has 0 radical (unpaired) electrons. The van der Waals surface area contributed by atoms with Crippen molar-refractivity contribution in [2.24, 2.45) is 0 Å². The van der Waals surface area contributed by atoms with E-state index in [2.05, 4.69) is 5.32 Å². The third-order valence-corrected chi connectivity index (χ3v) is 7.63. The zero-order chi connectivity index (χ0) is 18.0. The highest BCUT2D eigenvalue weighted by Gasteiger charge is 2.30. The highest BCUT2D eigenvalue weighted by Crippen LogP contribution is 2.16. The predicted octanol–water partition coefficient (Wildman–Crippen LogP) is 0.309. The molecule has 0 unspecified atom stereocenters. The van der Waals surface area contributed by atoms with Gasteiger partial charge in [-0.1, -0.05) is 24.6 Å². The fraction of sp³-hybridized carbons (Fsp3) is 0.533. The molecule has 2 rings (SSSR count). The standard InChI is InChI=1S/C15H22N2O5S2/c1-3-17(24(21,22)14-6-4-12(2)5-7-14)10-15(18)16-13-8-9-23(19,20)11-13/h4-7,13H,3,8-11H2,1-2H3,(H,16,18)/t13-/m1/s1. The molecule has 1 aromatic carbocycles. The first-order valence-corrected chi connectivity index (χ1v) is 11.0. The van der Waals surface area contributed by atoms with Crippen LogP contribution in [0.25, 0.3) is 0 Å². The molecule has 1 atom stereocenters. The van der Waals surface area contributed by atoms with Gasteiger partial charge in [0.2, 0.25) is 15.9 Å². The lowest BCUT2D eigenvalue weighted by Crippen LogP contribution is -2.44. The van der Waals surface area contributed by atoms with Crippen LogP contribution in [0.15, 0.2) is 29.2 Å². The number of sulfone groups is 1. The van der Waals surface area contributed by atoms with Crippen LogP contribution in [-0.4, -0.2) is 57.7 Å². The van der Waals surface area contributed by atoms with Crippen molar-refractivity contribution in [1.29, 1.82) is 0 Å². The third-order valence-electron chi connectivity index (χ3n) is 3.93. The van der Waals surface area contributed by atoms with Crippen LogP contribution < -0.4 is 5.32 Å². The van der Waals surface area contributed by atoms with Gasteiger partial charge in [0.15, 0.2) is 9.84 Å². The SMILES string of the molecule is CCN(CC(=O)N[C@@H]1CCS(=O)(=O)C1)S(=O)(=O)c1ccc(C)cc1. The van der Waals surface area contributed by atoms with E-state index in [1.54, 1.807) is 19.1 Å². The molecule has 134 valence electrons. The number of rotatable bonds is 6. The average Bonchev–Trinajstić information content (AvgIpc) is 2.83. The molecule has 7 nitrogen and oxygen atoms in total. The van der Waals surface area contributed by atoms with Gasteiger partial charge in [0.05, 0.1) is 22.9 Å². The van der Waals surface area contributed by atoms with Gasteiger partial charge in [-0.25, -0.2) is 16.8 Å². The quantitative estimate of drug-likeness (QED) is 0.772. The van der Waals surface area contributed by atoms with Crippen LogP contribution >= 0.6 is 0 Å². The molecule has 1 N–H and O–H groups in total. The summed E-state index contributed by atoms with van der Waals surface area (Å²) in [6, 6.07) is 5.97. The highest BCUT2D eigenvalue weighted by molar-refractivity contribution is 7.91. The Hall–Kier alpha value is -1.45. The van der Waals surface area contributed by atoms with Gasteiger partial charge in [-0.15, -0.1) is 0 Å². The van der Waals surface area contributed by atoms with Gasteiger partial charge < -0.3 is 5.32 Å². The van der Waals surface area contributed by atoms with Gasteiger partial charge in [-0.3, -0.25) is 4.79 Å². The van der Waals surface area contributed by atoms with Gasteiger partial charge in [-0.05, 0) is 25.5 Å². The molecule has 0 bridgehead atoms. The Labute approximate surface area is 143 Å². The monoisotopic (exact) mass is 374 g/mol. The van der Waals surface area contributed by atoms with Gasteiger partial charge in [0.25, 0.3) is 0 Å². The predicted molar refractivity (Wildman–Crippen MR) is 90.8 cm³/mol. The van der Waals surface area contributed by atoms with E-state index >= 15 is 0 Å². The van der Waals surface area contributed by atoms with E-state index in [9.17, 15) is 21.6 Å². The molecule has 0 aliphatic carbocycles. The third kappa shape index (κ3) is 4.55. The van der Waals surface area contributed by atoms with Crippen LogP contribution in [0.2, 0.25) is 0 Å². The minimum absolute atomic E-state index is 0.0527. The summed E-state index contributed by atoms with van der Waals surface area (Å²) in [6.07, 6.45) is 0.366. The molecule has 24 heavy (non-hydrogen) atoms. The summed E-state index contributed by atoms with van der Waals surface area (Å²) < 4.78 is 49.1. The summed E-state index contributed by atoms with van der Waals surface area (Å²) in [6.45, 7) is 3.33. The summed E-state index contributed by atoms with van der Waals surface area (Å²) in [5.41, 5.74) is 0.942. The van der Waals surface area contributed by atoms with Crippen molar-refractivity contribution in [3.8, 4) is 0 Å². The number of aryl methyl sites for hydroxylation is 1. The lowest BCUT2D eigenvalue weighted by molar-refractivity contribution is -0.121. The van der Waals surface area contributed by atoms with Crippen molar-refractivity contribution in [3.05, 3.63) is 29.8 Å². The first kappa shape index (κ1) is 18.9. The van der Waals surface area contributed by atoms with Crippen LogP contribution in [0, 0.1) is 6.92 Å². The van der Waals surface area contributed by atoms with E-state index in [0.717, 1.165) is 9.87 Å². The lowest BCUT2D eigenvalue weighted by Gasteiger charge is -2.21. The largest absolute Gasteiger partial charge is 0.351 e. The van der Waals surface area contributed by atoms with Crippen molar-refractivity contribution < 1.29 is 21.6 Å². The summed E-state index contributed by atoms with van der Waals surface area (Å²) >= 11 is 0. The van der Waals surface area contributed by atoms with E-state index in [1.807, 2.05) is 6.92 Å². The Morgan fingerprint density at radius 2 is 1.92 bits per heavy atom. The molecule has 0 saturated carbocycles. The molecular weight excluding hydrogens is 352 g/mol. The van der Waals surface area contributed by atoms with Crippen LogP contribution in [0.4, 0.5) is 0 Å². The fourth-order valence-electron chi connectivity index (χ4n) is 2.57. The second kappa shape index (κ2) is 7.20. The maximum atomic E-state index is 12.6. The van der Waals surface area contributed by atoms with Gasteiger partial charge in [0.1, 0.15) is 0 Å². The van der Waals surface area contributed by atoms with E-state index < -0.39 is 31.8 Å². The molecule has 0 spiro atoms. The van der Waals surface area contributed by atoms with Gasteiger partial charge >= 0.3 is 0 Å². The minimum Gasteiger partial charge on any atom is -0.351 e. The summed E-state index contributed by atoms with van der Waals surface area (Å²) in [4.78, 5) is 12.2. The molecule has 0 aromatic heterocycles. The molecule has 1 saturated heterocycles. The normalized spacial score (nSPS) is 20.2. The second-order valence-electron chi connectivity index (χ2n) is 5.91. The first-order chi connectivity index (χ1) is 11.1. The van der Waals surface area contributed by atoms with E-state index in [-0.39, 0.29) is 29.5 Å². The zero-order valence-electron chi connectivity index (χ0n) is 13.7. The fourth-order valence-corrected chi connectivity index (χ4v) is 5.65. The Morgan fingerprint density at radius 1 is 1.29 bits per heavy atom. The maximum absolute atomic E-state index is 12.6. The molecule has 1 aliphatic heterocycles. The number of likely N-dealkylation sites (N-methyl/N-ethyl adjacent to an activating group) is 1. The zero-order valence-corrected chi connectivity index (χ0v) is 15.4. The number of carbonyl (C=O) groups is 1. The number of nitrogens with one attached hydrogen (secondary N) is 1. The van der Waals surface area contributed by atoms with Gasteiger partial charge in [0, 0.05) is 12.6 Å². The van der Waals surface area contributed by atoms with Crippen LogP contribution in [-0.2, 0) is 24.7 Å². The number of hydrogen-bond acceptors (Lipinski definition) is 5. The molecule has 1 heterocycles. The molecule has 1 aromatic rings. The first-order valence-electron chi connectivity index (χ1n) is 7.70. The topological polar surface area (TPSA) is 101 Å². The minimum atomic E-state index is -3.77. The van der Waals surface area contributed by atoms with Crippen molar-refractivity contribution in [2.45, 2.75) is 31.2 Å². The lowest BCUT2D eigenvalue weighted by atomic mass is 10.2. The highest BCUT2D eigenvalue weighted by atomic mass is 32.2. The summed E-state index contributed by atoms with van der Waals surface area (Å²) in [5.74, 6) is -0.526. The number of amides is 1. The van der Waals surface area contributed by atoms with Crippen LogP contribution in [0.5, 0.6) is 0 Å². The van der Waals surface area contributed by atoms with Gasteiger partial charge in [-0.2, -0.15) is 4.31 Å². The van der Waals surface area contributed by atoms with Crippen molar-refractivity contribution in [1.82, 2.24) is 9.62 Å². The summed E-state index contributed by atoms with van der Waals surface area (Å²) in [7, 11) is -6.86. The molecule has 1 aliphatic rings. The van der Waals surface area contributed by atoms with Crippen molar-refractivity contribution in [3.63, 3.8) is 0 Å². The second-order valence-corrected chi connectivity index (χ2v) is 10.1. The van der Waals surface area contributed by atoms with Crippen LogP contribution in [0.3, 0.4) is 0 Å². The molecule has 1 amide bonds. The Morgan fingerprint density at radius 3 is 2.42 bits per heavy atom. The Balaban J connectivity index is 2.05. The number of carbonyl (C=O) groups excluding carboxylic acids is 1. The van der Waals surface area contributed by atoms with E-state index in [4.69, 9.17) is 0 Å². The number of sulfonamides is 1. The Kier molecular flexibility index (Phi) is 5.67. The molecular formula is C15H22N2O5S2. The summed E-state index contributed by atoms with van der Waals surface area (Å²) in [5, 5.41) is 2.61. The van der Waals surface area contributed by atoms with E-state index in [0.29, 0.717) is 6.42 Å². The maximum Gasteiger partial charge on any atom is 0.243 e. The number of benzene rings is 1. The smallest absolute Gasteiger partial charge is 0.243 e. The number of hydrogen-bond donors (Lipinski definition) is 1. The Bertz CT molecular complexity index is 801. The average molecular weight is 374 g/mol. The molecule has 1 fully saturated rings. The number of nitrogens with zero attached hydrogens (tertiary/aromatic N) is 1. The molecule has 9 heteroatoms. The van der Waals surface area contributed by atoms with E-state index in [1.165, 1.54) is 12.1 Å². The van der Waals surface area contributed by atoms with Crippen molar-refractivity contribution >= 4 is 25.8 Å². The van der Waals surface area contributed by atoms with Crippen LogP contribution in [0.1, 0.15) is 18.9 Å².